The maximum Gasteiger partial charge on any atom is 0.408 e. The van der Waals surface area contributed by atoms with Gasteiger partial charge in [0, 0.05) is 44.2 Å². The van der Waals surface area contributed by atoms with E-state index in [4.69, 9.17) is 9.72 Å². The van der Waals surface area contributed by atoms with Crippen molar-refractivity contribution >= 4 is 21.6 Å². The Labute approximate surface area is 217 Å². The van der Waals surface area contributed by atoms with Crippen LogP contribution in [-0.4, -0.2) is 77.9 Å². The molecule has 1 unspecified atom stereocenters. The van der Waals surface area contributed by atoms with Gasteiger partial charge in [0.2, 0.25) is 10.0 Å². The van der Waals surface area contributed by atoms with Crippen LogP contribution in [0.1, 0.15) is 21.6 Å². The molecule has 5 heterocycles. The molecule has 3 aromatic rings. The van der Waals surface area contributed by atoms with Crippen molar-refractivity contribution in [2.45, 2.75) is 37.0 Å². The molecule has 10 nitrogen and oxygen atoms in total. The van der Waals surface area contributed by atoms with Gasteiger partial charge in [0.15, 0.2) is 0 Å². The molecule has 14 heteroatoms. The largest absolute Gasteiger partial charge is 0.408 e. The van der Waals surface area contributed by atoms with Crippen molar-refractivity contribution in [2.75, 3.05) is 32.2 Å². The highest BCUT2D eigenvalue weighted by Crippen LogP contribution is 2.36. The molecule has 5 rings (SSSR count). The highest BCUT2D eigenvalue weighted by Gasteiger charge is 2.42. The first-order chi connectivity index (χ1) is 17.8. The summed E-state index contributed by atoms with van der Waals surface area (Å²) in [4.78, 5) is 24.2. The zero-order valence-electron chi connectivity index (χ0n) is 20.8. The molecular weight excluding hydrogens is 525 g/mol. The molecule has 38 heavy (non-hydrogen) atoms. The van der Waals surface area contributed by atoms with E-state index < -0.39 is 34.7 Å². The Morgan fingerprint density at radius 1 is 1.16 bits per heavy atom. The van der Waals surface area contributed by atoms with Crippen molar-refractivity contribution < 1.29 is 31.1 Å². The van der Waals surface area contributed by atoms with E-state index in [1.54, 1.807) is 13.0 Å². The molecule has 0 aliphatic carbocycles. The number of carbonyl (C=O) groups excluding carboxylic acids is 1. The molecule has 0 saturated carbocycles. The summed E-state index contributed by atoms with van der Waals surface area (Å²) in [5.41, 5.74) is 2.65. The van der Waals surface area contributed by atoms with E-state index in [-0.39, 0.29) is 23.1 Å². The number of aromatic nitrogens is 4. The number of aryl methyl sites for hydroxylation is 1. The van der Waals surface area contributed by atoms with Gasteiger partial charge in [-0.3, -0.25) is 24.3 Å². The van der Waals surface area contributed by atoms with Crippen LogP contribution < -0.4 is 4.90 Å². The van der Waals surface area contributed by atoms with Gasteiger partial charge in [0.05, 0.1) is 48.1 Å². The molecule has 1 saturated heterocycles. The van der Waals surface area contributed by atoms with Crippen molar-refractivity contribution in [2.24, 2.45) is 5.92 Å². The number of alkyl halides is 3. The summed E-state index contributed by atoms with van der Waals surface area (Å²) >= 11 is 0. The van der Waals surface area contributed by atoms with Crippen LogP contribution in [0.25, 0.3) is 11.3 Å². The molecule has 0 spiro atoms. The fourth-order valence-corrected chi connectivity index (χ4v) is 5.77. The standard InChI is InChI=1S/C24H25F3N6O4S/c1-14-4-19(15-5-18(9-28-7-15)38(35,36)31(2)3)30-20-6-16-11-37-12-21(16)33(23(34)22(14)20)17-8-29-32(10-17)13-24(25,26)27/h4-5,7-10,16,21H,6,11-13H2,1-3H3/t16?,21-/m1/s1. The van der Waals surface area contributed by atoms with Crippen LogP contribution in [-0.2, 0) is 27.7 Å². The number of fused-ring (bicyclic) bond motifs is 2. The van der Waals surface area contributed by atoms with Crippen molar-refractivity contribution in [3.05, 3.63) is 53.7 Å². The summed E-state index contributed by atoms with van der Waals surface area (Å²) in [7, 11) is -0.866. The lowest BCUT2D eigenvalue weighted by molar-refractivity contribution is -0.142. The molecule has 2 aliphatic rings. The van der Waals surface area contributed by atoms with E-state index in [1.165, 1.54) is 49.8 Å². The van der Waals surface area contributed by atoms with Crippen molar-refractivity contribution in [1.29, 1.82) is 0 Å². The highest BCUT2D eigenvalue weighted by molar-refractivity contribution is 7.89. The van der Waals surface area contributed by atoms with Gasteiger partial charge in [-0.1, -0.05) is 0 Å². The lowest BCUT2D eigenvalue weighted by Gasteiger charge is -2.28. The molecule has 0 N–H and O–H groups in total. The summed E-state index contributed by atoms with van der Waals surface area (Å²) in [6.07, 6.45) is 1.18. The second-order valence-electron chi connectivity index (χ2n) is 9.60. The van der Waals surface area contributed by atoms with E-state index in [0.29, 0.717) is 41.1 Å². The maximum atomic E-state index is 13.9. The number of rotatable bonds is 5. The Morgan fingerprint density at radius 3 is 2.63 bits per heavy atom. The quantitative estimate of drug-likeness (QED) is 0.480. The molecule has 1 fully saturated rings. The number of sulfonamides is 1. The van der Waals surface area contributed by atoms with Crippen LogP contribution in [0.15, 0.2) is 41.8 Å². The summed E-state index contributed by atoms with van der Waals surface area (Å²) in [6, 6.07) is 2.76. The van der Waals surface area contributed by atoms with E-state index in [0.717, 1.165) is 8.99 Å². The third-order valence-corrected chi connectivity index (χ3v) is 8.48. The van der Waals surface area contributed by atoms with Crippen LogP contribution in [0.5, 0.6) is 0 Å². The minimum Gasteiger partial charge on any atom is -0.379 e. The van der Waals surface area contributed by atoms with Gasteiger partial charge in [-0.25, -0.2) is 12.7 Å². The van der Waals surface area contributed by atoms with Crippen molar-refractivity contribution in [1.82, 2.24) is 24.1 Å². The van der Waals surface area contributed by atoms with Gasteiger partial charge in [-0.2, -0.15) is 18.3 Å². The molecule has 0 aromatic carbocycles. The number of hydrogen-bond acceptors (Lipinski definition) is 7. The Kier molecular flexibility index (Phi) is 6.52. The van der Waals surface area contributed by atoms with E-state index in [2.05, 4.69) is 10.1 Å². The molecule has 202 valence electrons. The summed E-state index contributed by atoms with van der Waals surface area (Å²) in [5.74, 6) is -0.546. The van der Waals surface area contributed by atoms with Gasteiger partial charge < -0.3 is 4.74 Å². The third kappa shape index (κ3) is 4.78. The summed E-state index contributed by atoms with van der Waals surface area (Å²) in [6.45, 7) is 1.07. The SMILES string of the molecule is Cc1cc(-c2cncc(S(=O)(=O)N(C)C)c2)nc2c1C(=O)N(c1cnn(CC(F)(F)F)c1)[C@@H]1COCC1C2. The average molecular weight is 551 g/mol. The van der Waals surface area contributed by atoms with Crippen molar-refractivity contribution in [3.63, 3.8) is 0 Å². The molecular formula is C24H25F3N6O4S. The second kappa shape index (κ2) is 9.43. The Hall–Kier alpha value is -3.36. The molecule has 0 bridgehead atoms. The smallest absolute Gasteiger partial charge is 0.379 e. The number of pyridine rings is 2. The predicted molar refractivity (Wildman–Crippen MR) is 130 cm³/mol. The third-order valence-electron chi connectivity index (χ3n) is 6.70. The van der Waals surface area contributed by atoms with Crippen LogP contribution >= 0.6 is 0 Å². The normalized spacial score (nSPS) is 20.0. The molecule has 2 atom stereocenters. The fraction of sp³-hybridized carbons (Fsp3) is 0.417. The first kappa shape index (κ1) is 26.3. The van der Waals surface area contributed by atoms with Gasteiger partial charge >= 0.3 is 6.18 Å². The predicted octanol–water partition coefficient (Wildman–Crippen LogP) is 2.68. The van der Waals surface area contributed by atoms with Crippen LogP contribution in [0.2, 0.25) is 0 Å². The van der Waals surface area contributed by atoms with Crippen LogP contribution in [0, 0.1) is 12.8 Å². The number of anilines is 1. The lowest BCUT2D eigenvalue weighted by atomic mass is 9.95. The zero-order chi connectivity index (χ0) is 27.4. The molecule has 1 amide bonds. The minimum atomic E-state index is -4.45. The first-order valence-corrected chi connectivity index (χ1v) is 13.2. The number of ether oxygens (including phenoxy) is 1. The van der Waals surface area contributed by atoms with Crippen LogP contribution in [0.3, 0.4) is 0 Å². The number of amides is 1. The average Bonchev–Trinajstić information content (AvgIpc) is 3.45. The van der Waals surface area contributed by atoms with Gasteiger partial charge in [-0.05, 0) is 31.0 Å². The van der Waals surface area contributed by atoms with Gasteiger partial charge in [0.25, 0.3) is 5.91 Å². The first-order valence-electron chi connectivity index (χ1n) is 11.7. The minimum absolute atomic E-state index is 0.0109. The fourth-order valence-electron chi connectivity index (χ4n) is 4.88. The number of hydrogen-bond donors (Lipinski definition) is 0. The van der Waals surface area contributed by atoms with Crippen molar-refractivity contribution in [3.8, 4) is 11.3 Å². The monoisotopic (exact) mass is 550 g/mol. The number of halogens is 3. The molecule has 3 aromatic heterocycles. The summed E-state index contributed by atoms with van der Waals surface area (Å²) < 4.78 is 71.4. The Balaban J connectivity index is 1.57. The van der Waals surface area contributed by atoms with Gasteiger partial charge in [0.1, 0.15) is 11.4 Å². The zero-order valence-corrected chi connectivity index (χ0v) is 21.6. The Morgan fingerprint density at radius 2 is 1.92 bits per heavy atom. The number of carbonyl (C=O) groups is 1. The van der Waals surface area contributed by atoms with Crippen LogP contribution in [0.4, 0.5) is 18.9 Å². The molecule has 2 aliphatic heterocycles. The van der Waals surface area contributed by atoms with E-state index >= 15 is 0 Å². The van der Waals surface area contributed by atoms with Gasteiger partial charge in [-0.15, -0.1) is 0 Å². The van der Waals surface area contributed by atoms with E-state index in [9.17, 15) is 26.4 Å². The van der Waals surface area contributed by atoms with E-state index in [1.807, 2.05) is 0 Å². The summed E-state index contributed by atoms with van der Waals surface area (Å²) in [5, 5.41) is 3.82. The highest BCUT2D eigenvalue weighted by atomic mass is 32.2. The topological polar surface area (TPSA) is 111 Å². The lowest BCUT2D eigenvalue weighted by Crippen LogP contribution is -2.43. The molecule has 0 radical (unpaired) electrons. The Bertz CT molecular complexity index is 1510. The number of nitrogens with zero attached hydrogens (tertiary/aromatic N) is 6. The maximum absolute atomic E-state index is 13.9. The second-order valence-corrected chi connectivity index (χ2v) is 11.8.